The van der Waals surface area contributed by atoms with Crippen LogP contribution < -0.4 is 4.74 Å². The second kappa shape index (κ2) is 11.8. The number of aromatic nitrogens is 1. The predicted molar refractivity (Wildman–Crippen MR) is 160 cm³/mol. The van der Waals surface area contributed by atoms with Crippen LogP contribution in [-0.2, 0) is 20.8 Å². The molecule has 2 saturated heterocycles. The quantitative estimate of drug-likeness (QED) is 0.340. The van der Waals surface area contributed by atoms with Gasteiger partial charge >= 0.3 is 12.1 Å². The van der Waals surface area contributed by atoms with Crippen molar-refractivity contribution in [3.63, 3.8) is 0 Å². The van der Waals surface area contributed by atoms with E-state index in [0.717, 1.165) is 65.7 Å². The third kappa shape index (κ3) is 5.88. The number of carbonyl (C=O) groups is 3. The summed E-state index contributed by atoms with van der Waals surface area (Å²) < 4.78 is 18.0. The van der Waals surface area contributed by atoms with Crippen molar-refractivity contribution in [2.24, 2.45) is 0 Å². The first-order valence-electron chi connectivity index (χ1n) is 14.6. The molecule has 5 rings (SSSR count). The molecular weight excluding hydrogens is 534 g/mol. The number of aryl methyl sites for hydroxylation is 1. The summed E-state index contributed by atoms with van der Waals surface area (Å²) in [7, 11) is 3.05. The normalized spacial score (nSPS) is 19.8. The molecule has 42 heavy (non-hydrogen) atoms. The van der Waals surface area contributed by atoms with E-state index in [0.29, 0.717) is 18.5 Å². The fourth-order valence-electron chi connectivity index (χ4n) is 6.40. The molecule has 2 fully saturated rings. The molecule has 1 amide bonds. The first-order chi connectivity index (χ1) is 20.0. The van der Waals surface area contributed by atoms with E-state index >= 15 is 0 Å². The summed E-state index contributed by atoms with van der Waals surface area (Å²) in [6.07, 6.45) is 4.54. The van der Waals surface area contributed by atoms with Crippen molar-refractivity contribution < 1.29 is 28.6 Å². The molecule has 3 heterocycles. The number of hydrogen-bond acceptors (Lipinski definition) is 7. The summed E-state index contributed by atoms with van der Waals surface area (Å²) >= 11 is 0. The van der Waals surface area contributed by atoms with Crippen molar-refractivity contribution in [3.05, 3.63) is 64.8 Å². The minimum Gasteiger partial charge on any atom is -0.496 e. The molecule has 1 unspecified atom stereocenters. The number of nitrogens with zero attached hydrogens (tertiary/aromatic N) is 3. The van der Waals surface area contributed by atoms with Crippen LogP contribution in [0.3, 0.4) is 0 Å². The van der Waals surface area contributed by atoms with E-state index in [9.17, 15) is 14.4 Å². The van der Waals surface area contributed by atoms with Gasteiger partial charge in [0.15, 0.2) is 0 Å². The molecule has 0 bridgehead atoms. The number of esters is 1. The Labute approximate surface area is 247 Å². The Morgan fingerprint density at radius 1 is 1.05 bits per heavy atom. The largest absolute Gasteiger partial charge is 0.496 e. The van der Waals surface area contributed by atoms with Gasteiger partial charge in [-0.3, -0.25) is 14.3 Å². The zero-order chi connectivity index (χ0) is 30.2. The summed E-state index contributed by atoms with van der Waals surface area (Å²) in [4.78, 5) is 42.3. The van der Waals surface area contributed by atoms with Gasteiger partial charge in [0.2, 0.25) is 5.91 Å². The van der Waals surface area contributed by atoms with Crippen LogP contribution in [-0.4, -0.2) is 71.3 Å². The average molecular weight is 576 g/mol. The fraction of sp³-hybridized carbons (Fsp3) is 0.485. The van der Waals surface area contributed by atoms with Crippen LogP contribution in [0.4, 0.5) is 4.79 Å². The summed E-state index contributed by atoms with van der Waals surface area (Å²) in [5.41, 5.74) is 3.67. The lowest BCUT2D eigenvalue weighted by Gasteiger charge is -2.43. The van der Waals surface area contributed by atoms with Gasteiger partial charge in [-0.15, -0.1) is 0 Å². The summed E-state index contributed by atoms with van der Waals surface area (Å²) in [5, 5.41) is 0.939. The van der Waals surface area contributed by atoms with Gasteiger partial charge in [0.25, 0.3) is 0 Å². The van der Waals surface area contributed by atoms with Crippen molar-refractivity contribution >= 4 is 28.9 Å². The first kappa shape index (κ1) is 29.6. The third-order valence-electron chi connectivity index (χ3n) is 8.35. The van der Waals surface area contributed by atoms with Gasteiger partial charge in [-0.1, -0.05) is 12.1 Å². The monoisotopic (exact) mass is 575 g/mol. The van der Waals surface area contributed by atoms with Crippen LogP contribution in [0.2, 0.25) is 0 Å². The highest BCUT2D eigenvalue weighted by Gasteiger charge is 2.37. The minimum atomic E-state index is -0.616. The number of amides is 1. The molecule has 9 heteroatoms. The maximum atomic E-state index is 13.1. The van der Waals surface area contributed by atoms with E-state index in [1.807, 2.05) is 52.0 Å². The van der Waals surface area contributed by atoms with Crippen molar-refractivity contribution in [1.82, 2.24) is 14.4 Å². The van der Waals surface area contributed by atoms with Crippen LogP contribution in [0.25, 0.3) is 10.9 Å². The Hall–Kier alpha value is -3.85. The van der Waals surface area contributed by atoms with Crippen LogP contribution in [0, 0.1) is 6.92 Å². The van der Waals surface area contributed by atoms with Gasteiger partial charge in [-0.25, -0.2) is 9.59 Å². The molecule has 224 valence electrons. The molecule has 0 spiro atoms. The molecule has 0 radical (unpaired) electrons. The minimum absolute atomic E-state index is 0.0119. The Morgan fingerprint density at radius 2 is 1.79 bits per heavy atom. The van der Waals surface area contributed by atoms with Gasteiger partial charge in [0.05, 0.1) is 25.3 Å². The molecule has 3 aromatic rings. The summed E-state index contributed by atoms with van der Waals surface area (Å²) in [6, 6.07) is 11.7. The van der Waals surface area contributed by atoms with Crippen molar-refractivity contribution in [2.45, 2.75) is 77.6 Å². The zero-order valence-electron chi connectivity index (χ0n) is 25.4. The van der Waals surface area contributed by atoms with Crippen molar-refractivity contribution in [1.29, 1.82) is 0 Å². The highest BCUT2D eigenvalue weighted by molar-refractivity contribution is 5.95. The number of fused-ring (bicyclic) bond motifs is 1. The van der Waals surface area contributed by atoms with Crippen LogP contribution in [0.15, 0.2) is 42.6 Å². The molecule has 9 nitrogen and oxygen atoms in total. The Bertz CT molecular complexity index is 1490. The number of hydrogen-bond donors (Lipinski definition) is 0. The molecule has 0 aliphatic carbocycles. The Balaban J connectivity index is 1.52. The van der Waals surface area contributed by atoms with E-state index in [1.54, 1.807) is 30.0 Å². The maximum Gasteiger partial charge on any atom is 0.419 e. The number of likely N-dealkylation sites (tertiary alicyclic amines) is 2. The summed E-state index contributed by atoms with van der Waals surface area (Å²) in [6.45, 7) is 9.71. The van der Waals surface area contributed by atoms with E-state index in [1.165, 1.54) is 7.11 Å². The number of piperidine rings is 1. The Kier molecular flexibility index (Phi) is 8.32. The van der Waals surface area contributed by atoms with Gasteiger partial charge < -0.3 is 19.1 Å². The van der Waals surface area contributed by atoms with E-state index in [4.69, 9.17) is 14.2 Å². The molecule has 2 aliphatic heterocycles. The first-order valence-corrected chi connectivity index (χ1v) is 14.6. The lowest BCUT2D eigenvalue weighted by atomic mass is 9.89. The van der Waals surface area contributed by atoms with Crippen LogP contribution in [0.1, 0.15) is 79.5 Å². The topological polar surface area (TPSA) is 90.3 Å². The molecule has 0 saturated carbocycles. The van der Waals surface area contributed by atoms with E-state index in [2.05, 4.69) is 9.80 Å². The number of rotatable bonds is 6. The maximum absolute atomic E-state index is 13.1. The lowest BCUT2D eigenvalue weighted by molar-refractivity contribution is -0.131. The predicted octanol–water partition coefficient (Wildman–Crippen LogP) is 5.86. The number of ether oxygens (including phenoxy) is 3. The molecule has 1 aromatic heterocycles. The highest BCUT2D eigenvalue weighted by Crippen LogP contribution is 2.39. The fourth-order valence-corrected chi connectivity index (χ4v) is 6.40. The molecule has 2 atom stereocenters. The second-order valence-electron chi connectivity index (χ2n) is 12.3. The second-order valence-corrected chi connectivity index (χ2v) is 12.3. The van der Waals surface area contributed by atoms with E-state index < -0.39 is 11.7 Å². The smallest absolute Gasteiger partial charge is 0.419 e. The van der Waals surface area contributed by atoms with Gasteiger partial charge in [-0.2, -0.15) is 0 Å². The lowest BCUT2D eigenvalue weighted by Crippen LogP contribution is -2.46. The van der Waals surface area contributed by atoms with Crippen molar-refractivity contribution in [2.75, 3.05) is 27.3 Å². The van der Waals surface area contributed by atoms with Crippen LogP contribution in [0.5, 0.6) is 5.75 Å². The third-order valence-corrected chi connectivity index (χ3v) is 8.35. The van der Waals surface area contributed by atoms with Gasteiger partial charge in [0, 0.05) is 55.3 Å². The number of carbonyl (C=O) groups excluding carboxylic acids is 3. The standard InChI is InChI=1S/C33H41N3O6/c1-21-18-28(40-5)26(25-14-17-36(30(21)25)32(39)42-33(2,3)4)20-34-16-13-24(35-15-7-8-29(35)37)19-27(34)22-9-11-23(12-10-22)31(38)41-6/h9-12,14,17-18,24,27H,7-8,13,15-16,19-20H2,1-6H3/t24-,27?/m0/s1. The molecule has 2 aromatic carbocycles. The average Bonchev–Trinajstić information content (AvgIpc) is 3.60. The number of benzene rings is 2. The summed E-state index contributed by atoms with van der Waals surface area (Å²) in [5.74, 6) is 0.626. The number of methoxy groups -OCH3 is 2. The molecular formula is C33H41N3O6. The van der Waals surface area contributed by atoms with Crippen molar-refractivity contribution in [3.8, 4) is 5.75 Å². The SMILES string of the molecule is COC(=O)c1ccc(C2C[C@@H](N3CCCC3=O)CCN2Cc2c(OC)cc(C)c3c2ccn3C(=O)OC(C)(C)C)cc1. The molecule has 2 aliphatic rings. The zero-order valence-corrected chi connectivity index (χ0v) is 25.4. The van der Waals surface area contributed by atoms with Gasteiger partial charge in [0.1, 0.15) is 11.4 Å². The van der Waals surface area contributed by atoms with Crippen LogP contribution >= 0.6 is 0 Å². The molecule has 0 N–H and O–H groups in total. The Morgan fingerprint density at radius 3 is 2.40 bits per heavy atom. The van der Waals surface area contributed by atoms with Gasteiger partial charge in [-0.05, 0) is 82.3 Å². The highest BCUT2D eigenvalue weighted by atomic mass is 16.6. The van der Waals surface area contributed by atoms with E-state index in [-0.39, 0.29) is 24.0 Å².